The molecule has 0 aliphatic rings. The van der Waals surface area contributed by atoms with E-state index in [4.69, 9.17) is 14.2 Å². The van der Waals surface area contributed by atoms with E-state index in [1.165, 1.54) is 135 Å². The number of hydrogen-bond donors (Lipinski definition) is 0. The minimum Gasteiger partial charge on any atom is -0.462 e. The summed E-state index contributed by atoms with van der Waals surface area (Å²) in [6.45, 7) is 6.47. The maximum Gasteiger partial charge on any atom is 0.306 e. The topological polar surface area (TPSA) is 78.9 Å². The number of carbonyl (C=O) groups excluding carboxylic acids is 3. The van der Waals surface area contributed by atoms with Gasteiger partial charge in [-0.1, -0.05) is 228 Å². The molecule has 0 aromatic heterocycles. The van der Waals surface area contributed by atoms with Crippen molar-refractivity contribution in [1.82, 2.24) is 0 Å². The Kier molecular flexibility index (Phi) is 54.3. The van der Waals surface area contributed by atoms with Gasteiger partial charge in [-0.15, -0.1) is 0 Å². The van der Waals surface area contributed by atoms with E-state index in [0.29, 0.717) is 19.3 Å². The summed E-state index contributed by atoms with van der Waals surface area (Å²) in [6, 6.07) is 0. The smallest absolute Gasteiger partial charge is 0.306 e. The van der Waals surface area contributed by atoms with Crippen LogP contribution in [0.5, 0.6) is 0 Å². The van der Waals surface area contributed by atoms with Gasteiger partial charge in [0.15, 0.2) is 6.10 Å². The Morgan fingerprint density at radius 3 is 0.928 bits per heavy atom. The summed E-state index contributed by atoms with van der Waals surface area (Å²) in [4.78, 5) is 38.1. The fourth-order valence-electron chi connectivity index (χ4n) is 7.99. The number of esters is 3. The molecule has 0 aromatic carbocycles. The molecule has 0 aliphatic heterocycles. The molecule has 0 rings (SSSR count). The van der Waals surface area contributed by atoms with Crippen molar-refractivity contribution in [3.63, 3.8) is 0 Å². The summed E-state index contributed by atoms with van der Waals surface area (Å²) in [6.07, 6.45) is 74.4. The lowest BCUT2D eigenvalue weighted by Crippen LogP contribution is -2.30. The molecule has 6 heteroatoms. The van der Waals surface area contributed by atoms with E-state index in [1.807, 2.05) is 0 Å². The molecular formula is C63H108O6. The molecule has 0 bridgehead atoms. The lowest BCUT2D eigenvalue weighted by Gasteiger charge is -2.18. The van der Waals surface area contributed by atoms with Crippen LogP contribution in [0.4, 0.5) is 0 Å². The highest BCUT2D eigenvalue weighted by Gasteiger charge is 2.19. The molecule has 1 unspecified atom stereocenters. The van der Waals surface area contributed by atoms with Crippen molar-refractivity contribution in [1.29, 1.82) is 0 Å². The van der Waals surface area contributed by atoms with Gasteiger partial charge in [0.25, 0.3) is 0 Å². The van der Waals surface area contributed by atoms with Crippen LogP contribution in [0, 0.1) is 0 Å². The Balaban J connectivity index is 4.31. The average Bonchev–Trinajstić information content (AvgIpc) is 3.35. The summed E-state index contributed by atoms with van der Waals surface area (Å²) >= 11 is 0. The lowest BCUT2D eigenvalue weighted by atomic mass is 10.1. The molecule has 69 heavy (non-hydrogen) atoms. The van der Waals surface area contributed by atoms with Gasteiger partial charge in [-0.3, -0.25) is 14.4 Å². The van der Waals surface area contributed by atoms with Gasteiger partial charge in [0.05, 0.1) is 0 Å². The summed E-state index contributed by atoms with van der Waals surface area (Å²) < 4.78 is 16.8. The quantitative estimate of drug-likeness (QED) is 0.0262. The van der Waals surface area contributed by atoms with Crippen molar-refractivity contribution in [3.8, 4) is 0 Å². The molecule has 0 saturated heterocycles. The van der Waals surface area contributed by atoms with Crippen LogP contribution in [-0.2, 0) is 28.6 Å². The Morgan fingerprint density at radius 1 is 0.304 bits per heavy atom. The van der Waals surface area contributed by atoms with E-state index in [0.717, 1.165) is 103 Å². The van der Waals surface area contributed by atoms with Gasteiger partial charge >= 0.3 is 17.9 Å². The van der Waals surface area contributed by atoms with E-state index in [1.54, 1.807) is 0 Å². The van der Waals surface area contributed by atoms with Gasteiger partial charge in [-0.25, -0.2) is 0 Å². The molecule has 0 N–H and O–H groups in total. The van der Waals surface area contributed by atoms with Gasteiger partial charge in [-0.2, -0.15) is 0 Å². The van der Waals surface area contributed by atoms with Crippen LogP contribution < -0.4 is 0 Å². The van der Waals surface area contributed by atoms with Crippen molar-refractivity contribution in [2.75, 3.05) is 13.2 Å². The molecule has 0 heterocycles. The maximum absolute atomic E-state index is 12.8. The number of carbonyl (C=O) groups is 3. The highest BCUT2D eigenvalue weighted by atomic mass is 16.6. The summed E-state index contributed by atoms with van der Waals surface area (Å²) in [5, 5.41) is 0. The van der Waals surface area contributed by atoms with Crippen LogP contribution in [0.3, 0.4) is 0 Å². The predicted octanol–water partition coefficient (Wildman–Crippen LogP) is 19.5. The zero-order chi connectivity index (χ0) is 50.0. The molecular weight excluding hydrogens is 853 g/mol. The van der Waals surface area contributed by atoms with E-state index < -0.39 is 6.10 Å². The SMILES string of the molecule is CC/C=C\C/C=C\C/C=C\CCCCCC(=O)OC(COC(=O)CCCCCCC/C=C\CCCCCC)COC(=O)CCCCCCCCCCCC/C=C\C/C=C\C/C=C\CCCCCCC. The minimum absolute atomic E-state index is 0.0930. The van der Waals surface area contributed by atoms with Gasteiger partial charge in [0.2, 0.25) is 0 Å². The lowest BCUT2D eigenvalue weighted by molar-refractivity contribution is -0.167. The van der Waals surface area contributed by atoms with Crippen molar-refractivity contribution < 1.29 is 28.6 Å². The third kappa shape index (κ3) is 55.4. The molecule has 0 fully saturated rings. The van der Waals surface area contributed by atoms with E-state index in [9.17, 15) is 14.4 Å². The standard InChI is InChI=1S/C63H108O6/c1-4-7-10-13-16-19-22-25-26-27-28-29-30-31-32-33-34-35-36-39-41-44-47-50-53-56-62(65)68-59-60(69-63(66)57-54-51-48-45-42-38-24-21-18-15-12-9-6-3)58-67-61(64)55-52-49-46-43-40-37-23-20-17-14-11-8-5-2/h9,12,18,20-23,25,27-28,30-31,38,42,60H,4-8,10-11,13-17,19,24,26,29,32-37,39-41,43-59H2,1-3H3/b12-9-,21-18-,23-20-,25-22-,28-27-,31-30-,42-38-. The van der Waals surface area contributed by atoms with Crippen LogP contribution in [0.2, 0.25) is 0 Å². The fraction of sp³-hybridized carbons (Fsp3) is 0.730. The number of ether oxygens (including phenoxy) is 3. The van der Waals surface area contributed by atoms with Crippen LogP contribution in [0.25, 0.3) is 0 Å². The number of unbranched alkanes of at least 4 members (excludes halogenated alkanes) is 27. The summed E-state index contributed by atoms with van der Waals surface area (Å²) in [5.74, 6) is -0.932. The zero-order valence-electron chi connectivity index (χ0n) is 45.3. The van der Waals surface area contributed by atoms with E-state index >= 15 is 0 Å². The zero-order valence-corrected chi connectivity index (χ0v) is 45.3. The molecule has 0 radical (unpaired) electrons. The Hall–Kier alpha value is -3.41. The van der Waals surface area contributed by atoms with E-state index in [-0.39, 0.29) is 31.1 Å². The first-order valence-electron chi connectivity index (χ1n) is 29.1. The summed E-state index contributed by atoms with van der Waals surface area (Å²) in [5.41, 5.74) is 0. The maximum atomic E-state index is 12.8. The molecule has 0 aromatic rings. The fourth-order valence-corrected chi connectivity index (χ4v) is 7.99. The van der Waals surface area contributed by atoms with Crippen LogP contribution >= 0.6 is 0 Å². The second kappa shape index (κ2) is 57.2. The highest BCUT2D eigenvalue weighted by Crippen LogP contribution is 2.15. The van der Waals surface area contributed by atoms with Gasteiger partial charge in [0.1, 0.15) is 13.2 Å². The molecule has 0 amide bonds. The molecule has 0 spiro atoms. The van der Waals surface area contributed by atoms with Gasteiger partial charge in [-0.05, 0) is 116 Å². The second-order valence-electron chi connectivity index (χ2n) is 19.2. The third-order valence-electron chi connectivity index (χ3n) is 12.4. The largest absolute Gasteiger partial charge is 0.462 e. The Bertz CT molecular complexity index is 1330. The minimum atomic E-state index is -0.797. The van der Waals surface area contributed by atoms with Crippen molar-refractivity contribution in [2.45, 2.75) is 284 Å². The first kappa shape index (κ1) is 65.6. The average molecular weight is 962 g/mol. The molecule has 0 saturated carbocycles. The summed E-state index contributed by atoms with van der Waals surface area (Å²) in [7, 11) is 0. The first-order chi connectivity index (χ1) is 34.0. The number of rotatable bonds is 52. The van der Waals surface area contributed by atoms with Crippen molar-refractivity contribution in [3.05, 3.63) is 85.1 Å². The number of allylic oxidation sites excluding steroid dienone is 14. The first-order valence-corrected chi connectivity index (χ1v) is 29.1. The monoisotopic (exact) mass is 961 g/mol. The van der Waals surface area contributed by atoms with Crippen LogP contribution in [-0.4, -0.2) is 37.2 Å². The Labute approximate surface area is 426 Å². The van der Waals surface area contributed by atoms with Crippen LogP contribution in [0.1, 0.15) is 278 Å². The highest BCUT2D eigenvalue weighted by molar-refractivity contribution is 5.71. The molecule has 396 valence electrons. The number of hydrogen-bond acceptors (Lipinski definition) is 6. The Morgan fingerprint density at radius 2 is 0.565 bits per heavy atom. The van der Waals surface area contributed by atoms with Gasteiger partial charge < -0.3 is 14.2 Å². The van der Waals surface area contributed by atoms with Crippen LogP contribution in [0.15, 0.2) is 85.1 Å². The van der Waals surface area contributed by atoms with E-state index in [2.05, 4.69) is 106 Å². The van der Waals surface area contributed by atoms with Crippen molar-refractivity contribution in [2.24, 2.45) is 0 Å². The molecule has 1 atom stereocenters. The molecule has 6 nitrogen and oxygen atoms in total. The predicted molar refractivity (Wildman–Crippen MR) is 297 cm³/mol. The normalized spacial score (nSPS) is 12.7. The van der Waals surface area contributed by atoms with Crippen molar-refractivity contribution >= 4 is 17.9 Å². The third-order valence-corrected chi connectivity index (χ3v) is 12.4. The van der Waals surface area contributed by atoms with Gasteiger partial charge in [0, 0.05) is 19.3 Å². The molecule has 0 aliphatic carbocycles. The second-order valence-corrected chi connectivity index (χ2v) is 19.2.